The van der Waals surface area contributed by atoms with E-state index >= 15 is 4.79 Å². The van der Waals surface area contributed by atoms with Gasteiger partial charge in [-0.15, -0.1) is 0 Å². The van der Waals surface area contributed by atoms with Crippen LogP contribution in [0.1, 0.15) is 101 Å². The second-order valence-corrected chi connectivity index (χ2v) is 17.8. The molecule has 9 atom stereocenters. The van der Waals surface area contributed by atoms with Crippen LogP contribution in [-0.4, -0.2) is 83.1 Å². The lowest BCUT2D eigenvalue weighted by Gasteiger charge is -2.64. The fourth-order valence-corrected chi connectivity index (χ4v) is 10.9. The summed E-state index contributed by atoms with van der Waals surface area (Å²) < 4.78 is 19.7. The van der Waals surface area contributed by atoms with Gasteiger partial charge in [0.05, 0.1) is 0 Å². The zero-order valence-corrected chi connectivity index (χ0v) is 32.6. The van der Waals surface area contributed by atoms with Gasteiger partial charge in [-0.3, -0.25) is 19.2 Å². The molecule has 3 saturated carbocycles. The molecule has 4 aliphatic rings. The molecule has 0 radical (unpaired) electrons. The van der Waals surface area contributed by atoms with Crippen LogP contribution in [0.2, 0.25) is 0 Å². The largest absolute Gasteiger partial charge is 0.460 e. The number of aromatic nitrogens is 4. The first-order valence-electron chi connectivity index (χ1n) is 18.6. The van der Waals surface area contributed by atoms with E-state index in [1.807, 2.05) is 19.9 Å². The van der Waals surface area contributed by atoms with Crippen LogP contribution in [0.15, 0.2) is 49.1 Å². The van der Waals surface area contributed by atoms with Crippen molar-refractivity contribution in [2.75, 3.05) is 0 Å². The lowest BCUT2D eigenvalue weighted by atomic mass is 9.38. The number of fused-ring (bicyclic) bond motifs is 5. The number of ether oxygens (including phenoxy) is 3. The summed E-state index contributed by atoms with van der Waals surface area (Å²) in [5.41, 5.74) is -6.10. The number of carbonyl (C=O) groups is 6. The molecule has 2 heterocycles. The van der Waals surface area contributed by atoms with E-state index in [4.69, 9.17) is 14.2 Å². The van der Waals surface area contributed by atoms with Gasteiger partial charge in [0.25, 0.3) is 0 Å². The van der Waals surface area contributed by atoms with Gasteiger partial charge < -0.3 is 19.3 Å². The quantitative estimate of drug-likeness (QED) is 0.203. The van der Waals surface area contributed by atoms with Crippen molar-refractivity contribution in [2.45, 2.75) is 124 Å². The molecule has 292 valence electrons. The first-order valence-corrected chi connectivity index (χ1v) is 18.6. The van der Waals surface area contributed by atoms with Crippen LogP contribution >= 0.6 is 0 Å². The number of hydrogen-bond acceptors (Lipinski definition) is 12. The average Bonchev–Trinajstić information content (AvgIpc) is 3.84. The topological polar surface area (TPSA) is 186 Å². The predicted octanol–water partition coefficient (Wildman–Crippen LogP) is 5.50. The molecule has 0 amide bonds. The highest BCUT2D eigenvalue weighted by Gasteiger charge is 2.75. The van der Waals surface area contributed by atoms with Gasteiger partial charge in [-0.2, -0.15) is 0 Å². The Morgan fingerprint density at radius 1 is 0.926 bits per heavy atom. The number of ketones is 3. The van der Waals surface area contributed by atoms with Crippen molar-refractivity contribution in [3.63, 3.8) is 0 Å². The highest BCUT2D eigenvalue weighted by molar-refractivity contribution is 5.96. The van der Waals surface area contributed by atoms with Crippen molar-refractivity contribution < 1.29 is 48.1 Å². The summed E-state index contributed by atoms with van der Waals surface area (Å²) in [6.07, 6.45) is 7.56. The Morgan fingerprint density at radius 3 is 2.07 bits per heavy atom. The molecule has 0 bridgehead atoms. The maximum Gasteiger partial charge on any atom is 0.419 e. The molecule has 0 unspecified atom stereocenters. The number of esters is 1. The summed E-state index contributed by atoms with van der Waals surface area (Å²) in [6.45, 7) is 15.6. The minimum atomic E-state index is -2.06. The zero-order chi connectivity index (χ0) is 39.8. The summed E-state index contributed by atoms with van der Waals surface area (Å²) in [7, 11) is 0. The molecular weight excluding hydrogens is 696 g/mol. The zero-order valence-electron chi connectivity index (χ0n) is 32.6. The second-order valence-electron chi connectivity index (χ2n) is 17.8. The van der Waals surface area contributed by atoms with Gasteiger partial charge in [0.2, 0.25) is 0 Å². The average molecular weight is 749 g/mol. The number of Topliss-reactive ketones (excluding diaryl/α,β-unsaturated/α-hetero) is 3. The Balaban J connectivity index is 1.39. The SMILES string of the molecule is CC(=O)OC(C)(C)CCC(=O)[C@](C)(O)[C@H]1[C@H](OC(=O)n2ccnc2)C[C@@]2(C)[C@@H]3CC=C4[C@@H](C[C@H](OC(=O)n5ccnc5)C(=O)C4(C)C)[C@]3(C)C(=O)C[C@]12C. The van der Waals surface area contributed by atoms with Crippen molar-refractivity contribution in [3.05, 3.63) is 49.1 Å². The second kappa shape index (κ2) is 13.1. The van der Waals surface area contributed by atoms with E-state index in [1.54, 1.807) is 27.7 Å². The molecular formula is C40H52N4O10. The predicted molar refractivity (Wildman–Crippen MR) is 192 cm³/mol. The van der Waals surface area contributed by atoms with E-state index in [9.17, 15) is 29.1 Å². The first kappa shape index (κ1) is 39.2. The minimum absolute atomic E-state index is 0.0414. The molecule has 0 spiro atoms. The number of aliphatic hydroxyl groups is 1. The van der Waals surface area contributed by atoms with Gasteiger partial charge in [0.1, 0.15) is 35.7 Å². The number of imidazole rings is 2. The molecule has 0 saturated heterocycles. The van der Waals surface area contributed by atoms with Crippen molar-refractivity contribution in [1.82, 2.24) is 19.1 Å². The van der Waals surface area contributed by atoms with Crippen LogP contribution in [-0.2, 0) is 33.4 Å². The van der Waals surface area contributed by atoms with Crippen molar-refractivity contribution in [3.8, 4) is 0 Å². The summed E-state index contributed by atoms with van der Waals surface area (Å²) in [6, 6.07) is 0. The number of nitrogens with zero attached hydrogens (tertiary/aromatic N) is 4. The molecule has 4 aliphatic carbocycles. The Morgan fingerprint density at radius 2 is 1.52 bits per heavy atom. The fraction of sp³-hybridized carbons (Fsp3) is 0.650. The standard InChI is InChI=1S/C40H52N4O10/c1-23(45)54-35(2,3)13-12-29(46)40(9,51)31-27(53-34(50)44-17-15-42-22-44)19-37(6)28-11-10-24-25(39(28,8)30(47)20-38(31,37)7)18-26(32(48)36(24,4)5)52-33(49)43-16-14-41-21-43/h10,14-17,21-22,25-28,31,51H,11-13,18-20H2,1-9H3/t25-,26+,27-,28+,31+,37+,38-,39+,40+/m1/s1. The number of carbonyl (C=O) groups excluding carboxylic acids is 6. The van der Waals surface area contributed by atoms with E-state index in [1.165, 1.54) is 55.9 Å². The number of hydrogen-bond donors (Lipinski definition) is 1. The highest BCUT2D eigenvalue weighted by atomic mass is 16.6. The number of rotatable bonds is 8. The first-order chi connectivity index (χ1) is 25.0. The fourth-order valence-electron chi connectivity index (χ4n) is 10.9. The van der Waals surface area contributed by atoms with Gasteiger partial charge in [0, 0.05) is 61.3 Å². The van der Waals surface area contributed by atoms with Crippen LogP contribution in [0.4, 0.5) is 9.59 Å². The highest BCUT2D eigenvalue weighted by Crippen LogP contribution is 2.74. The third-order valence-electron chi connectivity index (χ3n) is 13.8. The maximum absolute atomic E-state index is 15.1. The Labute approximate surface area is 315 Å². The van der Waals surface area contributed by atoms with Crippen LogP contribution < -0.4 is 0 Å². The van der Waals surface area contributed by atoms with Gasteiger partial charge >= 0.3 is 18.2 Å². The molecule has 3 fully saturated rings. The molecule has 6 rings (SSSR count). The lowest BCUT2D eigenvalue weighted by molar-refractivity contribution is -0.185. The Kier molecular flexibility index (Phi) is 9.51. The van der Waals surface area contributed by atoms with Crippen LogP contribution in [0.3, 0.4) is 0 Å². The van der Waals surface area contributed by atoms with Crippen molar-refractivity contribution >= 4 is 35.5 Å². The third-order valence-corrected chi connectivity index (χ3v) is 13.8. The van der Waals surface area contributed by atoms with Gasteiger partial charge in [-0.05, 0) is 83.0 Å². The number of allylic oxidation sites excluding steroid dienone is 2. The third kappa shape index (κ3) is 6.04. The smallest absolute Gasteiger partial charge is 0.419 e. The summed E-state index contributed by atoms with van der Waals surface area (Å²) in [5, 5.41) is 12.4. The molecule has 14 nitrogen and oxygen atoms in total. The molecule has 2 aromatic rings. The molecule has 54 heavy (non-hydrogen) atoms. The molecule has 0 aromatic carbocycles. The normalized spacial score (nSPS) is 34.0. The molecule has 14 heteroatoms. The van der Waals surface area contributed by atoms with E-state index in [-0.39, 0.29) is 49.6 Å². The summed E-state index contributed by atoms with van der Waals surface area (Å²) in [4.78, 5) is 89.3. The lowest BCUT2D eigenvalue weighted by Crippen LogP contribution is -2.65. The van der Waals surface area contributed by atoms with Crippen molar-refractivity contribution in [1.29, 1.82) is 0 Å². The van der Waals surface area contributed by atoms with Crippen LogP contribution in [0, 0.1) is 39.4 Å². The maximum atomic E-state index is 15.1. The van der Waals surface area contributed by atoms with Crippen molar-refractivity contribution in [2.24, 2.45) is 39.4 Å². The van der Waals surface area contributed by atoms with Gasteiger partial charge in [-0.1, -0.05) is 32.4 Å². The van der Waals surface area contributed by atoms with Gasteiger partial charge in [-0.25, -0.2) is 28.7 Å². The molecule has 0 aliphatic heterocycles. The minimum Gasteiger partial charge on any atom is -0.460 e. The van der Waals surface area contributed by atoms with Crippen LogP contribution in [0.5, 0.6) is 0 Å². The van der Waals surface area contributed by atoms with E-state index in [0.29, 0.717) is 6.42 Å². The van der Waals surface area contributed by atoms with Gasteiger partial charge in [0.15, 0.2) is 17.7 Å². The molecule has 1 N–H and O–H groups in total. The Hall–Kier alpha value is -4.46. The van der Waals surface area contributed by atoms with E-state index in [0.717, 1.165) is 10.1 Å². The monoisotopic (exact) mass is 748 g/mol. The molecule has 2 aromatic heterocycles. The van der Waals surface area contributed by atoms with E-state index < -0.39 is 80.8 Å². The summed E-state index contributed by atoms with van der Waals surface area (Å²) >= 11 is 0. The summed E-state index contributed by atoms with van der Waals surface area (Å²) in [5.74, 6) is -3.20. The van der Waals surface area contributed by atoms with E-state index in [2.05, 4.69) is 16.9 Å². The Bertz CT molecular complexity index is 1900. The van der Waals surface area contributed by atoms with Crippen LogP contribution in [0.25, 0.3) is 0 Å².